The van der Waals surface area contributed by atoms with Crippen molar-refractivity contribution in [2.75, 3.05) is 13.7 Å². The lowest BCUT2D eigenvalue weighted by molar-refractivity contribution is 0.0655. The minimum Gasteiger partial charge on any atom is -0.451 e. The van der Waals surface area contributed by atoms with Crippen LogP contribution in [-0.4, -0.2) is 45.3 Å². The Hall–Kier alpha value is -2.67. The molecule has 1 aromatic carbocycles. The molecule has 0 unspecified atom stereocenters. The second-order valence-electron chi connectivity index (χ2n) is 6.52. The molecule has 0 bridgehead atoms. The maximum absolute atomic E-state index is 13.1. The third-order valence-corrected chi connectivity index (χ3v) is 4.78. The summed E-state index contributed by atoms with van der Waals surface area (Å²) in [5.41, 5.74) is 1.84. The normalized spacial score (nSPS) is 20.5. The molecule has 1 saturated heterocycles. The van der Waals surface area contributed by atoms with Crippen LogP contribution >= 0.6 is 0 Å². The number of aromatic nitrogens is 3. The Kier molecular flexibility index (Phi) is 3.80. The Balaban J connectivity index is 1.69. The maximum atomic E-state index is 13.1. The number of benzene rings is 1. The highest BCUT2D eigenvalue weighted by atomic mass is 16.5. The number of hydrogen-bond acceptors (Lipinski definition) is 5. The highest BCUT2D eigenvalue weighted by Gasteiger charge is 2.40. The molecule has 0 aliphatic carbocycles. The molecule has 7 heteroatoms. The zero-order chi connectivity index (χ0) is 17.6. The van der Waals surface area contributed by atoms with Crippen LogP contribution in [0.15, 0.2) is 35.0 Å². The number of nitrogens with zero attached hydrogens (tertiary/aromatic N) is 4. The molecule has 25 heavy (non-hydrogen) atoms. The quantitative estimate of drug-likeness (QED) is 0.732. The fraction of sp³-hybridized carbons (Fsp3) is 0.389. The summed E-state index contributed by atoms with van der Waals surface area (Å²) in [6.07, 6.45) is 2.30. The molecule has 1 amide bonds. The van der Waals surface area contributed by atoms with Crippen molar-refractivity contribution in [2.24, 2.45) is 7.05 Å². The van der Waals surface area contributed by atoms with Gasteiger partial charge in [0.25, 0.3) is 5.91 Å². The van der Waals surface area contributed by atoms with Crippen LogP contribution in [0.3, 0.4) is 0 Å². The summed E-state index contributed by atoms with van der Waals surface area (Å²) < 4.78 is 13.1. The first kappa shape index (κ1) is 15.8. The number of fused-ring (bicyclic) bond motifs is 1. The van der Waals surface area contributed by atoms with Crippen molar-refractivity contribution >= 4 is 16.9 Å². The number of aryl methyl sites for hydroxylation is 2. The number of rotatable bonds is 3. The molecule has 2 atom stereocenters. The van der Waals surface area contributed by atoms with E-state index in [1.165, 1.54) is 0 Å². The zero-order valence-corrected chi connectivity index (χ0v) is 14.5. The predicted molar refractivity (Wildman–Crippen MR) is 91.1 cm³/mol. The van der Waals surface area contributed by atoms with Crippen LogP contribution in [0.25, 0.3) is 11.0 Å². The van der Waals surface area contributed by atoms with Gasteiger partial charge in [-0.05, 0) is 25.1 Å². The van der Waals surface area contributed by atoms with E-state index in [-0.39, 0.29) is 18.1 Å². The second-order valence-corrected chi connectivity index (χ2v) is 6.52. The van der Waals surface area contributed by atoms with E-state index in [9.17, 15) is 4.79 Å². The molecule has 7 nitrogen and oxygen atoms in total. The standard InChI is InChI=1S/C18H20N4O3/c1-11-4-5-15-12(6-11)7-16(25-15)18(23)22-9-13(24-3)8-14(22)17-20-19-10-21(17)2/h4-7,10,13-14H,8-9H2,1-3H3/t13-,14+/m1/s1. The van der Waals surface area contributed by atoms with E-state index < -0.39 is 0 Å². The van der Waals surface area contributed by atoms with Crippen molar-refractivity contribution in [3.63, 3.8) is 0 Å². The molecule has 4 rings (SSSR count). The Morgan fingerprint density at radius 2 is 2.20 bits per heavy atom. The third kappa shape index (κ3) is 2.70. The summed E-state index contributed by atoms with van der Waals surface area (Å²) in [5.74, 6) is 0.936. The summed E-state index contributed by atoms with van der Waals surface area (Å²) in [6, 6.07) is 7.50. The van der Waals surface area contributed by atoms with E-state index in [1.807, 2.05) is 36.7 Å². The Morgan fingerprint density at radius 1 is 1.36 bits per heavy atom. The fourth-order valence-corrected chi connectivity index (χ4v) is 3.44. The van der Waals surface area contributed by atoms with Crippen molar-refractivity contribution < 1.29 is 13.9 Å². The lowest BCUT2D eigenvalue weighted by Crippen LogP contribution is -2.32. The van der Waals surface area contributed by atoms with E-state index in [0.717, 1.165) is 16.8 Å². The summed E-state index contributed by atoms with van der Waals surface area (Å²) in [4.78, 5) is 14.9. The number of methoxy groups -OCH3 is 1. The smallest absolute Gasteiger partial charge is 0.290 e. The van der Waals surface area contributed by atoms with Crippen LogP contribution in [0.4, 0.5) is 0 Å². The van der Waals surface area contributed by atoms with Crippen molar-refractivity contribution in [1.29, 1.82) is 0 Å². The van der Waals surface area contributed by atoms with Gasteiger partial charge < -0.3 is 18.6 Å². The van der Waals surface area contributed by atoms with Crippen molar-refractivity contribution in [3.8, 4) is 0 Å². The molecule has 0 radical (unpaired) electrons. The van der Waals surface area contributed by atoms with Gasteiger partial charge in [0.15, 0.2) is 11.6 Å². The summed E-state index contributed by atoms with van der Waals surface area (Å²) in [7, 11) is 3.54. The van der Waals surface area contributed by atoms with Crippen LogP contribution in [0.1, 0.15) is 34.4 Å². The largest absolute Gasteiger partial charge is 0.451 e. The lowest BCUT2D eigenvalue weighted by atomic mass is 10.1. The third-order valence-electron chi connectivity index (χ3n) is 4.78. The number of likely N-dealkylation sites (tertiary alicyclic amines) is 1. The summed E-state index contributed by atoms with van der Waals surface area (Å²) in [6.45, 7) is 2.52. The molecule has 1 aliphatic rings. The van der Waals surface area contributed by atoms with E-state index in [4.69, 9.17) is 9.15 Å². The molecule has 130 valence electrons. The molecule has 1 aliphatic heterocycles. The van der Waals surface area contributed by atoms with Crippen molar-refractivity contribution in [1.82, 2.24) is 19.7 Å². The van der Waals surface area contributed by atoms with Gasteiger partial charge in [-0.3, -0.25) is 4.79 Å². The molecule has 2 aromatic heterocycles. The van der Waals surface area contributed by atoms with Crippen LogP contribution in [0.2, 0.25) is 0 Å². The van der Waals surface area contributed by atoms with Gasteiger partial charge in [-0.1, -0.05) is 11.6 Å². The number of carbonyl (C=O) groups excluding carboxylic acids is 1. The number of hydrogen-bond donors (Lipinski definition) is 0. The van der Waals surface area contributed by atoms with E-state index in [2.05, 4.69) is 10.2 Å². The maximum Gasteiger partial charge on any atom is 0.290 e. The zero-order valence-electron chi connectivity index (χ0n) is 14.5. The van der Waals surface area contributed by atoms with Gasteiger partial charge in [0.2, 0.25) is 0 Å². The lowest BCUT2D eigenvalue weighted by Gasteiger charge is -2.22. The minimum atomic E-state index is -0.181. The van der Waals surface area contributed by atoms with E-state index >= 15 is 0 Å². The molecular formula is C18H20N4O3. The molecular weight excluding hydrogens is 320 g/mol. The number of amides is 1. The predicted octanol–water partition coefficient (Wildman–Crippen LogP) is 2.47. The number of carbonyl (C=O) groups is 1. The van der Waals surface area contributed by atoms with Gasteiger partial charge in [-0.15, -0.1) is 10.2 Å². The van der Waals surface area contributed by atoms with Gasteiger partial charge in [0, 0.05) is 32.5 Å². The summed E-state index contributed by atoms with van der Waals surface area (Å²) in [5, 5.41) is 9.05. The first-order chi connectivity index (χ1) is 12.1. The first-order valence-electron chi connectivity index (χ1n) is 8.24. The van der Waals surface area contributed by atoms with Gasteiger partial charge in [-0.2, -0.15) is 0 Å². The van der Waals surface area contributed by atoms with E-state index in [1.54, 1.807) is 24.4 Å². The van der Waals surface area contributed by atoms with Crippen LogP contribution in [0.5, 0.6) is 0 Å². The average Bonchev–Trinajstić information content (AvgIpc) is 3.30. The van der Waals surface area contributed by atoms with Gasteiger partial charge in [0.1, 0.15) is 11.9 Å². The van der Waals surface area contributed by atoms with Gasteiger partial charge >= 0.3 is 0 Å². The van der Waals surface area contributed by atoms with Crippen LogP contribution in [0, 0.1) is 6.92 Å². The topological polar surface area (TPSA) is 73.4 Å². The average molecular weight is 340 g/mol. The molecule has 0 spiro atoms. The number of ether oxygens (including phenoxy) is 1. The minimum absolute atomic E-state index is 0.0303. The SMILES string of the molecule is CO[C@@H]1C[C@@H](c2nncn2C)N(C(=O)c2cc3cc(C)ccc3o2)C1. The monoisotopic (exact) mass is 340 g/mol. The van der Waals surface area contributed by atoms with E-state index in [0.29, 0.717) is 24.3 Å². The van der Waals surface area contributed by atoms with Crippen molar-refractivity contribution in [3.05, 3.63) is 47.7 Å². The molecule has 0 saturated carbocycles. The first-order valence-corrected chi connectivity index (χ1v) is 8.24. The Labute approximate surface area is 145 Å². The highest BCUT2D eigenvalue weighted by Crippen LogP contribution is 2.34. The van der Waals surface area contributed by atoms with Crippen LogP contribution in [-0.2, 0) is 11.8 Å². The highest BCUT2D eigenvalue weighted by molar-refractivity contribution is 5.96. The molecule has 3 aromatic rings. The second kappa shape index (κ2) is 6.00. The van der Waals surface area contributed by atoms with Crippen LogP contribution < -0.4 is 0 Å². The van der Waals surface area contributed by atoms with Gasteiger partial charge in [-0.25, -0.2) is 0 Å². The Morgan fingerprint density at radius 3 is 2.92 bits per heavy atom. The Bertz CT molecular complexity index is 929. The molecule has 0 N–H and O–H groups in total. The summed E-state index contributed by atoms with van der Waals surface area (Å²) >= 11 is 0. The molecule has 3 heterocycles. The number of furan rings is 1. The fourth-order valence-electron chi connectivity index (χ4n) is 3.44. The molecule has 1 fully saturated rings. The van der Waals surface area contributed by atoms with Gasteiger partial charge in [0.05, 0.1) is 12.1 Å². The van der Waals surface area contributed by atoms with Crippen molar-refractivity contribution in [2.45, 2.75) is 25.5 Å².